The van der Waals surface area contributed by atoms with E-state index in [0.29, 0.717) is 33.9 Å². The summed E-state index contributed by atoms with van der Waals surface area (Å²) in [7, 11) is 0. The Kier molecular flexibility index (Phi) is 13.5. The SMILES string of the molecule is [2H]c1cc(N(c2cccc(Nc3c(-c4ccccc4)cc(-c4ccccc4)cc3-c3cccc(-c4ccc5oc6ccc(-c7cccc(-c8cc(-c9ccccc9)cc(-c9ccccc9)c8N(c8cccc(-n9c%10c([2H])c([2H])c([2H])c([2H])c%10c%10c([2H])c([2H])c([2H])c([2H])c%109)c8)c8cccc(C(C)(C)C)c8)c7)cc6c5c4)c3)c2)c2cc([2H])c([2H])c([2H])c2[2H])c([2H])c([2H])c1[2H]. The highest BCUT2D eigenvalue weighted by atomic mass is 16.3. The summed E-state index contributed by atoms with van der Waals surface area (Å²) in [5.41, 5.74) is 20.9. The second-order valence-electron chi connectivity index (χ2n) is 28.6. The van der Waals surface area contributed by atoms with Gasteiger partial charge in [0.2, 0.25) is 0 Å². The van der Waals surface area contributed by atoms with Crippen LogP contribution in [0.2, 0.25) is 0 Å². The van der Waals surface area contributed by atoms with Crippen molar-refractivity contribution in [3.05, 3.63) is 418 Å². The average molecular weight is 1440 g/mol. The minimum absolute atomic E-state index is 0.0122. The van der Waals surface area contributed by atoms with Crippen molar-refractivity contribution in [2.75, 3.05) is 15.1 Å². The van der Waals surface area contributed by atoms with Crippen LogP contribution in [-0.4, -0.2) is 4.57 Å². The number of hydrogen-bond acceptors (Lipinski definition) is 4. The van der Waals surface area contributed by atoms with Gasteiger partial charge in [0.15, 0.2) is 0 Å². The number of para-hydroxylation sites is 4. The van der Waals surface area contributed by atoms with Crippen LogP contribution in [-0.2, 0) is 5.41 Å². The zero-order chi connectivity index (χ0) is 88.3. The zero-order valence-corrected chi connectivity index (χ0v) is 60.8. The van der Waals surface area contributed by atoms with Crippen molar-refractivity contribution in [1.82, 2.24) is 4.57 Å². The van der Waals surface area contributed by atoms with Gasteiger partial charge in [-0.25, -0.2) is 0 Å². The third-order valence-corrected chi connectivity index (χ3v) is 20.6. The van der Waals surface area contributed by atoms with Crippen molar-refractivity contribution < 1.29 is 26.3 Å². The lowest BCUT2D eigenvalue weighted by molar-refractivity contribution is 0.590. The lowest BCUT2D eigenvalue weighted by Gasteiger charge is -2.32. The number of fused-ring (bicyclic) bond motifs is 6. The van der Waals surface area contributed by atoms with Crippen molar-refractivity contribution in [2.24, 2.45) is 0 Å². The molecule has 19 rings (SSSR count). The molecule has 2 aromatic heterocycles. The van der Waals surface area contributed by atoms with Gasteiger partial charge in [0.25, 0.3) is 0 Å². The van der Waals surface area contributed by atoms with E-state index in [1.165, 1.54) is 17.0 Å². The number of rotatable bonds is 17. The Hall–Kier alpha value is -14.3. The minimum atomic E-state index is -0.523. The largest absolute Gasteiger partial charge is 0.456 e. The molecule has 0 saturated heterocycles. The molecule has 19 aromatic rings. The van der Waals surface area contributed by atoms with Gasteiger partial charge in [-0.2, -0.15) is 0 Å². The molecule has 0 bridgehead atoms. The number of nitrogens with one attached hydrogen (secondary N) is 1. The molecule has 17 aromatic carbocycles. The molecule has 0 spiro atoms. The lowest BCUT2D eigenvalue weighted by atomic mass is 9.86. The molecular formula is C106H78N4O. The van der Waals surface area contributed by atoms with Gasteiger partial charge in [-0.3, -0.25) is 0 Å². The number of hydrogen-bond donors (Lipinski definition) is 1. The Balaban J connectivity index is 0.759. The average Bonchev–Trinajstić information content (AvgIpc) is 1.55. The molecule has 0 unspecified atom stereocenters. The van der Waals surface area contributed by atoms with E-state index in [9.17, 15) is 8.22 Å². The van der Waals surface area contributed by atoms with Gasteiger partial charge in [0.05, 0.1) is 44.3 Å². The second-order valence-corrected chi connectivity index (χ2v) is 28.6. The molecular weight excluding hydrogens is 1350 g/mol. The predicted octanol–water partition coefficient (Wildman–Crippen LogP) is 30.0. The molecule has 5 heteroatoms. The van der Waals surface area contributed by atoms with E-state index in [-0.39, 0.29) is 50.7 Å². The van der Waals surface area contributed by atoms with Crippen molar-refractivity contribution in [3.63, 3.8) is 0 Å². The first-order chi connectivity index (χ1) is 61.3. The fourth-order valence-corrected chi connectivity index (χ4v) is 15.3. The Morgan fingerprint density at radius 3 is 1.27 bits per heavy atom. The van der Waals surface area contributed by atoms with Crippen LogP contribution in [0.5, 0.6) is 0 Å². The standard InChI is InChI=1S/C106H78N4O/c1-106(2,3)84-43-28-49-88(69-84)109(90-51-30-52-91(71-90)110-100-55-24-22-53-92(100)93-54-23-25-56-101(93)110)105-96(75-37-16-7-17-38-75)67-83(73-33-12-5-13-34-73)68-97(105)81-42-27-40-77(62-81)79-58-60-103-99(64-79)98-63-78(57-59-102(98)111-103)76-39-26-41-80(61-76)95-66-82(72-31-10-4-11-32-72)65-94(74-35-14-6-15-36-74)104(95)107-85-44-29-50-89(70-85)108(86-45-18-8-19-46-86)87-47-20-9-21-48-87/h4-71,107H,1-3H3/i8D,9D,18D,19D,20D,21D,22D,23D,24D,25D,45D,47D,53D,54D,55D,56D. The van der Waals surface area contributed by atoms with Gasteiger partial charge in [-0.1, -0.05) is 287 Å². The lowest BCUT2D eigenvalue weighted by Crippen LogP contribution is -2.16. The first-order valence-electron chi connectivity index (χ1n) is 44.9. The highest BCUT2D eigenvalue weighted by molar-refractivity contribution is 6.11. The number of aromatic nitrogens is 1. The Bertz CT molecular complexity index is 7540. The highest BCUT2D eigenvalue weighted by Crippen LogP contribution is 2.52. The highest BCUT2D eigenvalue weighted by Gasteiger charge is 2.28. The summed E-state index contributed by atoms with van der Waals surface area (Å²) in [6, 6.07) is 97.9. The summed E-state index contributed by atoms with van der Waals surface area (Å²) < 4.78 is 152. The molecule has 0 aliphatic heterocycles. The van der Waals surface area contributed by atoms with Crippen molar-refractivity contribution >= 4 is 89.2 Å². The maximum absolute atomic E-state index is 9.52. The van der Waals surface area contributed by atoms with Gasteiger partial charge in [0.1, 0.15) is 11.2 Å². The van der Waals surface area contributed by atoms with E-state index in [1.807, 2.05) is 115 Å². The maximum atomic E-state index is 9.52. The summed E-state index contributed by atoms with van der Waals surface area (Å²) in [6.07, 6.45) is 0. The van der Waals surface area contributed by atoms with Crippen LogP contribution in [0.1, 0.15) is 48.3 Å². The summed E-state index contributed by atoms with van der Waals surface area (Å²) in [6.45, 7) is 6.52. The molecule has 0 saturated carbocycles. The van der Waals surface area contributed by atoms with Crippen LogP contribution < -0.4 is 15.1 Å². The Morgan fingerprint density at radius 1 is 0.288 bits per heavy atom. The third kappa shape index (κ3) is 13.1. The summed E-state index contributed by atoms with van der Waals surface area (Å²) in [5, 5.41) is 5.58. The van der Waals surface area contributed by atoms with E-state index in [1.54, 1.807) is 28.8 Å². The number of furan rings is 1. The zero-order valence-electron chi connectivity index (χ0n) is 76.8. The van der Waals surface area contributed by atoms with Crippen molar-refractivity contribution in [1.29, 1.82) is 0 Å². The van der Waals surface area contributed by atoms with E-state index in [2.05, 4.69) is 195 Å². The molecule has 0 atom stereocenters. The molecule has 1 N–H and O–H groups in total. The molecule has 0 aliphatic carbocycles. The van der Waals surface area contributed by atoms with Gasteiger partial charge in [0, 0.05) is 83.6 Å². The van der Waals surface area contributed by atoms with E-state index < -0.39 is 84.6 Å². The number of benzene rings is 17. The molecule has 0 aliphatic rings. The van der Waals surface area contributed by atoms with Crippen LogP contribution in [0.15, 0.2) is 417 Å². The maximum Gasteiger partial charge on any atom is 0.135 e. The molecule has 0 radical (unpaired) electrons. The third-order valence-electron chi connectivity index (χ3n) is 20.6. The quantitative estimate of drug-likeness (QED) is 0.0986. The van der Waals surface area contributed by atoms with E-state index in [0.717, 1.165) is 122 Å². The topological polar surface area (TPSA) is 36.6 Å². The van der Waals surface area contributed by atoms with E-state index >= 15 is 0 Å². The molecule has 2 heterocycles. The summed E-state index contributed by atoms with van der Waals surface area (Å²) >= 11 is 0. The van der Waals surface area contributed by atoms with Crippen LogP contribution in [0.25, 0.3) is 138 Å². The second kappa shape index (κ2) is 28.8. The van der Waals surface area contributed by atoms with Crippen LogP contribution >= 0.6 is 0 Å². The predicted molar refractivity (Wildman–Crippen MR) is 469 cm³/mol. The minimum Gasteiger partial charge on any atom is -0.456 e. The van der Waals surface area contributed by atoms with Gasteiger partial charge < -0.3 is 24.1 Å². The monoisotopic (exact) mass is 1440 g/mol. The fourth-order valence-electron chi connectivity index (χ4n) is 15.3. The molecule has 111 heavy (non-hydrogen) atoms. The van der Waals surface area contributed by atoms with Crippen LogP contribution in [0.4, 0.5) is 45.5 Å². The first kappa shape index (κ1) is 51.9. The molecule has 5 nitrogen and oxygen atoms in total. The normalized spacial score (nSPS) is 13.6. The first-order valence-corrected chi connectivity index (χ1v) is 36.9. The number of anilines is 8. The number of nitrogens with zero attached hydrogens (tertiary/aromatic N) is 3. The molecule has 528 valence electrons. The van der Waals surface area contributed by atoms with Gasteiger partial charge in [-0.05, 0) is 223 Å². The van der Waals surface area contributed by atoms with Gasteiger partial charge >= 0.3 is 0 Å². The molecule has 0 amide bonds. The van der Waals surface area contributed by atoms with E-state index in [4.69, 9.17) is 18.1 Å². The summed E-state index contributed by atoms with van der Waals surface area (Å²) in [5.74, 6) is 0. The van der Waals surface area contributed by atoms with Crippen molar-refractivity contribution in [2.45, 2.75) is 26.2 Å². The molecule has 0 fully saturated rings. The van der Waals surface area contributed by atoms with Gasteiger partial charge in [-0.15, -0.1) is 0 Å². The Morgan fingerprint density at radius 2 is 0.712 bits per heavy atom. The Labute approximate surface area is 670 Å². The smallest absolute Gasteiger partial charge is 0.135 e. The fraction of sp³-hybridized carbons (Fsp3) is 0.0377. The van der Waals surface area contributed by atoms with Crippen LogP contribution in [0.3, 0.4) is 0 Å². The van der Waals surface area contributed by atoms with Crippen LogP contribution in [0, 0.1) is 0 Å². The summed E-state index contributed by atoms with van der Waals surface area (Å²) in [4.78, 5) is 3.68. The van der Waals surface area contributed by atoms with Crippen molar-refractivity contribution in [3.8, 4) is 94.7 Å².